The molecule has 96 valence electrons. The van der Waals surface area contributed by atoms with Crippen LogP contribution in [0.1, 0.15) is 44.6 Å². The minimum absolute atomic E-state index is 0.589. The molecule has 0 unspecified atom stereocenters. The predicted octanol–water partition coefficient (Wildman–Crippen LogP) is 3.58. The zero-order chi connectivity index (χ0) is 12.5. The Labute approximate surface area is 105 Å². The van der Waals surface area contributed by atoms with Crippen LogP contribution in [-0.4, -0.2) is 20.2 Å². The fraction of sp³-hybridized carbons (Fsp3) is 0.600. The largest absolute Gasteiger partial charge is 0.494 e. The molecule has 1 aromatic rings. The first-order chi connectivity index (χ1) is 8.24. The fourth-order valence-electron chi connectivity index (χ4n) is 1.72. The van der Waals surface area contributed by atoms with Crippen LogP contribution in [0.2, 0.25) is 0 Å². The summed E-state index contributed by atoms with van der Waals surface area (Å²) in [5.41, 5.74) is 1.37. The van der Waals surface area contributed by atoms with Crippen molar-refractivity contribution in [1.29, 1.82) is 0 Å². The van der Waals surface area contributed by atoms with Gasteiger partial charge in [0.2, 0.25) is 0 Å². The van der Waals surface area contributed by atoms with Gasteiger partial charge in [0.1, 0.15) is 5.75 Å². The van der Waals surface area contributed by atoms with Gasteiger partial charge >= 0.3 is 0 Å². The van der Waals surface area contributed by atoms with E-state index in [1.54, 1.807) is 0 Å². The van der Waals surface area contributed by atoms with Crippen molar-refractivity contribution < 1.29 is 4.74 Å². The lowest BCUT2D eigenvalue weighted by molar-refractivity contribution is 0.305. The molecule has 0 saturated carbocycles. The highest BCUT2D eigenvalue weighted by Gasteiger charge is 1.99. The molecule has 0 saturated heterocycles. The van der Waals surface area contributed by atoms with Crippen LogP contribution in [0.15, 0.2) is 24.3 Å². The predicted molar refractivity (Wildman–Crippen MR) is 73.8 cm³/mol. The van der Waals surface area contributed by atoms with Gasteiger partial charge < -0.3 is 10.1 Å². The molecule has 1 N–H and O–H groups in total. The van der Waals surface area contributed by atoms with Gasteiger partial charge in [0.25, 0.3) is 0 Å². The number of rotatable bonds is 8. The molecule has 1 aromatic carbocycles. The van der Waals surface area contributed by atoms with Crippen LogP contribution in [0, 0.1) is 0 Å². The Hall–Kier alpha value is -1.02. The maximum absolute atomic E-state index is 5.70. The first-order valence-corrected chi connectivity index (χ1v) is 6.61. The monoisotopic (exact) mass is 235 g/mol. The van der Waals surface area contributed by atoms with Gasteiger partial charge in [-0.1, -0.05) is 26.0 Å². The van der Waals surface area contributed by atoms with Crippen LogP contribution in [0.4, 0.5) is 0 Å². The van der Waals surface area contributed by atoms with Gasteiger partial charge in [-0.2, -0.15) is 0 Å². The summed E-state index contributed by atoms with van der Waals surface area (Å²) >= 11 is 0. The Kier molecular flexibility index (Phi) is 6.71. The van der Waals surface area contributed by atoms with Crippen LogP contribution in [0.5, 0.6) is 5.75 Å². The van der Waals surface area contributed by atoms with E-state index in [0.29, 0.717) is 5.92 Å². The fourth-order valence-corrected chi connectivity index (χ4v) is 1.72. The third-order valence-corrected chi connectivity index (χ3v) is 2.89. The van der Waals surface area contributed by atoms with Crippen LogP contribution in [0.25, 0.3) is 0 Å². The molecule has 0 amide bonds. The normalized spacial score (nSPS) is 10.8. The minimum atomic E-state index is 0.589. The lowest BCUT2D eigenvalue weighted by atomic mass is 10.0. The number of hydrogen-bond acceptors (Lipinski definition) is 2. The van der Waals surface area contributed by atoms with Crippen LogP contribution in [-0.2, 0) is 0 Å². The topological polar surface area (TPSA) is 21.3 Å². The Morgan fingerprint density at radius 1 is 1.06 bits per heavy atom. The highest BCUT2D eigenvalue weighted by molar-refractivity contribution is 5.28. The molecule has 0 heterocycles. The van der Waals surface area contributed by atoms with E-state index in [9.17, 15) is 0 Å². The van der Waals surface area contributed by atoms with Gasteiger partial charge in [0, 0.05) is 0 Å². The van der Waals surface area contributed by atoms with Crippen molar-refractivity contribution in [2.24, 2.45) is 0 Å². The van der Waals surface area contributed by atoms with Crippen molar-refractivity contribution in [3.8, 4) is 5.75 Å². The lowest BCUT2D eigenvalue weighted by Crippen LogP contribution is -2.07. The van der Waals surface area contributed by atoms with Gasteiger partial charge in [0.15, 0.2) is 0 Å². The third-order valence-electron chi connectivity index (χ3n) is 2.89. The molecule has 0 aliphatic heterocycles. The number of unbranched alkanes of at least 4 members (excludes halogenated alkanes) is 2. The van der Waals surface area contributed by atoms with Crippen molar-refractivity contribution in [3.05, 3.63) is 29.8 Å². The number of benzene rings is 1. The summed E-state index contributed by atoms with van der Waals surface area (Å²) in [4.78, 5) is 0. The van der Waals surface area contributed by atoms with E-state index in [1.807, 2.05) is 7.05 Å². The van der Waals surface area contributed by atoms with E-state index in [4.69, 9.17) is 4.74 Å². The highest BCUT2D eigenvalue weighted by Crippen LogP contribution is 2.18. The summed E-state index contributed by atoms with van der Waals surface area (Å²) in [5, 5.41) is 3.15. The molecule has 0 spiro atoms. The van der Waals surface area contributed by atoms with E-state index in [-0.39, 0.29) is 0 Å². The number of hydrogen-bond donors (Lipinski definition) is 1. The molecule has 0 atom stereocenters. The molecule has 0 aliphatic rings. The van der Waals surface area contributed by atoms with Crippen molar-refractivity contribution in [3.63, 3.8) is 0 Å². The summed E-state index contributed by atoms with van der Waals surface area (Å²) in [6, 6.07) is 8.45. The SMILES string of the molecule is CNCCCCCOc1ccc(C(C)C)cc1. The summed E-state index contributed by atoms with van der Waals surface area (Å²) < 4.78 is 5.70. The molecule has 17 heavy (non-hydrogen) atoms. The standard InChI is InChI=1S/C15H25NO/c1-13(2)14-7-9-15(10-8-14)17-12-6-4-5-11-16-3/h7-10,13,16H,4-6,11-12H2,1-3H3. The lowest BCUT2D eigenvalue weighted by Gasteiger charge is -2.08. The molecule has 0 fully saturated rings. The van der Waals surface area contributed by atoms with Gasteiger partial charge in [-0.05, 0) is 56.5 Å². The van der Waals surface area contributed by atoms with Crippen molar-refractivity contribution in [1.82, 2.24) is 5.32 Å². The quantitative estimate of drug-likeness (QED) is 0.695. The molecule has 0 aliphatic carbocycles. The van der Waals surface area contributed by atoms with Gasteiger partial charge in [-0.25, -0.2) is 0 Å². The summed E-state index contributed by atoms with van der Waals surface area (Å²) in [6.07, 6.45) is 3.59. The van der Waals surface area contributed by atoms with Crippen molar-refractivity contribution >= 4 is 0 Å². The molecule has 0 radical (unpaired) electrons. The molecule has 2 nitrogen and oxygen atoms in total. The van der Waals surface area contributed by atoms with Gasteiger partial charge in [0.05, 0.1) is 6.61 Å². The first-order valence-electron chi connectivity index (χ1n) is 6.61. The summed E-state index contributed by atoms with van der Waals surface area (Å²) in [5.74, 6) is 1.58. The molecular formula is C15H25NO. The second-order valence-electron chi connectivity index (χ2n) is 4.74. The van der Waals surface area contributed by atoms with Gasteiger partial charge in [-0.15, -0.1) is 0 Å². The zero-order valence-electron chi connectivity index (χ0n) is 11.3. The van der Waals surface area contributed by atoms with E-state index in [1.165, 1.54) is 18.4 Å². The average molecular weight is 235 g/mol. The maximum atomic E-state index is 5.70. The Bertz CT molecular complexity index is 292. The molecular weight excluding hydrogens is 210 g/mol. The van der Waals surface area contributed by atoms with Crippen molar-refractivity contribution in [2.75, 3.05) is 20.2 Å². The maximum Gasteiger partial charge on any atom is 0.119 e. The molecule has 2 heteroatoms. The molecule has 0 bridgehead atoms. The first kappa shape index (κ1) is 14.0. The number of nitrogens with one attached hydrogen (secondary N) is 1. The smallest absolute Gasteiger partial charge is 0.119 e. The number of ether oxygens (including phenoxy) is 1. The van der Waals surface area contributed by atoms with Crippen LogP contribution >= 0.6 is 0 Å². The molecule has 0 aromatic heterocycles. The van der Waals surface area contributed by atoms with E-state index in [2.05, 4.69) is 43.4 Å². The summed E-state index contributed by atoms with van der Waals surface area (Å²) in [7, 11) is 1.99. The van der Waals surface area contributed by atoms with E-state index < -0.39 is 0 Å². The molecule has 1 rings (SSSR count). The van der Waals surface area contributed by atoms with E-state index >= 15 is 0 Å². The van der Waals surface area contributed by atoms with Crippen LogP contribution < -0.4 is 10.1 Å². The Balaban J connectivity index is 2.19. The van der Waals surface area contributed by atoms with Crippen LogP contribution in [0.3, 0.4) is 0 Å². The van der Waals surface area contributed by atoms with E-state index in [0.717, 1.165) is 25.3 Å². The zero-order valence-corrected chi connectivity index (χ0v) is 11.3. The summed E-state index contributed by atoms with van der Waals surface area (Å²) in [6.45, 7) is 6.34. The van der Waals surface area contributed by atoms with Gasteiger partial charge in [-0.3, -0.25) is 0 Å². The highest BCUT2D eigenvalue weighted by atomic mass is 16.5. The second-order valence-corrected chi connectivity index (χ2v) is 4.74. The Morgan fingerprint density at radius 3 is 2.35 bits per heavy atom. The van der Waals surface area contributed by atoms with Crippen molar-refractivity contribution in [2.45, 2.75) is 39.0 Å². The third kappa shape index (κ3) is 5.73. The Morgan fingerprint density at radius 2 is 1.76 bits per heavy atom. The average Bonchev–Trinajstić information content (AvgIpc) is 2.34. The minimum Gasteiger partial charge on any atom is -0.494 e. The second kappa shape index (κ2) is 8.13.